The number of halogens is 2. The van der Waals surface area contributed by atoms with Crippen LogP contribution in [-0.2, 0) is 4.79 Å². The number of rotatable bonds is 5. The van der Waals surface area contributed by atoms with Crippen LogP contribution in [0.2, 0.25) is 0 Å². The molecule has 16 heavy (non-hydrogen) atoms. The van der Waals surface area contributed by atoms with E-state index in [-0.39, 0.29) is 18.1 Å². The van der Waals surface area contributed by atoms with E-state index in [9.17, 15) is 13.6 Å². The van der Waals surface area contributed by atoms with Crippen molar-refractivity contribution in [2.75, 3.05) is 6.54 Å². The highest BCUT2D eigenvalue weighted by atomic mass is 19.3. The summed E-state index contributed by atoms with van der Waals surface area (Å²) in [4.78, 5) is 13.1. The van der Waals surface area contributed by atoms with E-state index in [2.05, 4.69) is 5.32 Å². The molecule has 0 bridgehead atoms. The van der Waals surface area contributed by atoms with Crippen molar-refractivity contribution in [1.29, 1.82) is 0 Å². The topological polar surface area (TPSA) is 32.3 Å². The molecule has 0 saturated carbocycles. The molecule has 0 spiro atoms. The SMILES string of the molecule is CCC1NC(CC(C)C)N(CC(F)F)C1=O. The minimum Gasteiger partial charge on any atom is -0.320 e. The summed E-state index contributed by atoms with van der Waals surface area (Å²) in [5.74, 6) is 0.189. The van der Waals surface area contributed by atoms with E-state index in [0.717, 1.165) is 6.42 Å². The highest BCUT2D eigenvalue weighted by molar-refractivity contribution is 5.84. The lowest BCUT2D eigenvalue weighted by Crippen LogP contribution is -2.41. The third kappa shape index (κ3) is 3.14. The van der Waals surface area contributed by atoms with Crippen LogP contribution in [0.3, 0.4) is 0 Å². The van der Waals surface area contributed by atoms with Gasteiger partial charge in [0.2, 0.25) is 5.91 Å². The number of carbonyl (C=O) groups excluding carboxylic acids is 1. The second-order valence-corrected chi connectivity index (χ2v) is 4.65. The van der Waals surface area contributed by atoms with Crippen LogP contribution in [0.4, 0.5) is 8.78 Å². The van der Waals surface area contributed by atoms with E-state index in [4.69, 9.17) is 0 Å². The van der Waals surface area contributed by atoms with Gasteiger partial charge in [-0.2, -0.15) is 0 Å². The minimum absolute atomic E-state index is 0.187. The molecule has 0 aromatic heterocycles. The van der Waals surface area contributed by atoms with Crippen molar-refractivity contribution >= 4 is 5.91 Å². The largest absolute Gasteiger partial charge is 0.320 e. The Morgan fingerprint density at radius 2 is 2.06 bits per heavy atom. The zero-order chi connectivity index (χ0) is 12.3. The molecule has 1 rings (SSSR count). The number of amides is 1. The summed E-state index contributed by atoms with van der Waals surface area (Å²) in [6.07, 6.45) is -1.33. The Kier molecular flexibility index (Phi) is 4.65. The van der Waals surface area contributed by atoms with Crippen LogP contribution in [0.15, 0.2) is 0 Å². The predicted octanol–water partition coefficient (Wildman–Crippen LogP) is 1.83. The number of carbonyl (C=O) groups is 1. The van der Waals surface area contributed by atoms with E-state index in [1.807, 2.05) is 20.8 Å². The summed E-state index contributed by atoms with van der Waals surface area (Å²) in [6, 6.07) is -0.289. The molecule has 1 saturated heterocycles. The molecule has 0 aromatic rings. The van der Waals surface area contributed by atoms with Gasteiger partial charge >= 0.3 is 0 Å². The maximum atomic E-state index is 12.4. The Bertz CT molecular complexity index is 246. The molecule has 1 N–H and O–H groups in total. The molecule has 5 heteroatoms. The summed E-state index contributed by atoms with van der Waals surface area (Å²) in [5.41, 5.74) is 0. The van der Waals surface area contributed by atoms with Crippen molar-refractivity contribution < 1.29 is 13.6 Å². The third-order valence-electron chi connectivity index (χ3n) is 2.79. The van der Waals surface area contributed by atoms with Gasteiger partial charge in [0.25, 0.3) is 6.43 Å². The van der Waals surface area contributed by atoms with Gasteiger partial charge in [0.1, 0.15) is 0 Å². The van der Waals surface area contributed by atoms with Gasteiger partial charge in [-0.15, -0.1) is 0 Å². The Balaban J connectivity index is 2.69. The highest BCUT2D eigenvalue weighted by Gasteiger charge is 2.38. The molecule has 94 valence electrons. The number of hydrogen-bond acceptors (Lipinski definition) is 2. The van der Waals surface area contributed by atoms with Gasteiger partial charge in [0.15, 0.2) is 0 Å². The first-order valence-corrected chi connectivity index (χ1v) is 5.80. The standard InChI is InChI=1S/C11H20F2N2O/c1-4-8-11(16)15(6-9(12)13)10(14-8)5-7(2)3/h7-10,14H,4-6H2,1-3H3. The molecule has 2 unspecified atom stereocenters. The van der Waals surface area contributed by atoms with Gasteiger partial charge in [-0.25, -0.2) is 8.78 Å². The van der Waals surface area contributed by atoms with Gasteiger partial charge in [0.05, 0.1) is 18.8 Å². The van der Waals surface area contributed by atoms with E-state index < -0.39 is 13.0 Å². The molecule has 1 aliphatic heterocycles. The first kappa shape index (κ1) is 13.4. The summed E-state index contributed by atoms with van der Waals surface area (Å²) in [5, 5.41) is 3.12. The fourth-order valence-corrected chi connectivity index (χ4v) is 2.05. The molecule has 0 radical (unpaired) electrons. The van der Waals surface area contributed by atoms with Crippen molar-refractivity contribution in [3.63, 3.8) is 0 Å². The van der Waals surface area contributed by atoms with Gasteiger partial charge in [-0.3, -0.25) is 10.1 Å². The maximum Gasteiger partial charge on any atom is 0.255 e. The molecule has 2 atom stereocenters. The number of nitrogens with zero attached hydrogens (tertiary/aromatic N) is 1. The molecule has 3 nitrogen and oxygen atoms in total. The van der Waals surface area contributed by atoms with Crippen molar-refractivity contribution in [1.82, 2.24) is 10.2 Å². The van der Waals surface area contributed by atoms with Crippen LogP contribution >= 0.6 is 0 Å². The lowest BCUT2D eigenvalue weighted by Gasteiger charge is -2.25. The quantitative estimate of drug-likeness (QED) is 0.787. The molecule has 1 heterocycles. The third-order valence-corrected chi connectivity index (χ3v) is 2.79. The second kappa shape index (κ2) is 5.57. The van der Waals surface area contributed by atoms with Crippen molar-refractivity contribution in [2.45, 2.75) is 52.2 Å². The number of hydrogen-bond donors (Lipinski definition) is 1. The predicted molar refractivity (Wildman–Crippen MR) is 58.2 cm³/mol. The van der Waals surface area contributed by atoms with Crippen LogP contribution in [0.25, 0.3) is 0 Å². The first-order chi connectivity index (χ1) is 7.45. The van der Waals surface area contributed by atoms with Gasteiger partial charge in [-0.1, -0.05) is 20.8 Å². The average molecular weight is 234 g/mol. The smallest absolute Gasteiger partial charge is 0.255 e. The normalized spacial score (nSPS) is 26.2. The van der Waals surface area contributed by atoms with Crippen molar-refractivity contribution in [3.8, 4) is 0 Å². The maximum absolute atomic E-state index is 12.4. The lowest BCUT2D eigenvalue weighted by atomic mass is 10.1. The fraction of sp³-hybridized carbons (Fsp3) is 0.909. The molecular weight excluding hydrogens is 214 g/mol. The zero-order valence-corrected chi connectivity index (χ0v) is 10.0. The van der Waals surface area contributed by atoms with Crippen LogP contribution < -0.4 is 5.32 Å². The molecule has 1 fully saturated rings. The van der Waals surface area contributed by atoms with Crippen LogP contribution in [-0.4, -0.2) is 36.0 Å². The second-order valence-electron chi connectivity index (χ2n) is 4.65. The van der Waals surface area contributed by atoms with E-state index in [1.54, 1.807) is 0 Å². The summed E-state index contributed by atoms with van der Waals surface area (Å²) in [6.45, 7) is 5.46. The first-order valence-electron chi connectivity index (χ1n) is 5.80. The summed E-state index contributed by atoms with van der Waals surface area (Å²) in [7, 11) is 0. The fourth-order valence-electron chi connectivity index (χ4n) is 2.05. The highest BCUT2D eigenvalue weighted by Crippen LogP contribution is 2.20. The lowest BCUT2D eigenvalue weighted by molar-refractivity contribution is -0.132. The Hall–Kier alpha value is -0.710. The minimum atomic E-state index is -2.46. The number of nitrogens with one attached hydrogen (secondary N) is 1. The summed E-state index contributed by atoms with van der Waals surface area (Å²) < 4.78 is 24.8. The monoisotopic (exact) mass is 234 g/mol. The molecule has 0 aromatic carbocycles. The Labute approximate surface area is 95.2 Å². The van der Waals surface area contributed by atoms with Crippen molar-refractivity contribution in [2.24, 2.45) is 5.92 Å². The van der Waals surface area contributed by atoms with Crippen LogP contribution in [0.5, 0.6) is 0 Å². The zero-order valence-electron chi connectivity index (χ0n) is 10.0. The summed E-state index contributed by atoms with van der Waals surface area (Å²) >= 11 is 0. The van der Waals surface area contributed by atoms with Gasteiger partial charge in [-0.05, 0) is 18.8 Å². The van der Waals surface area contributed by atoms with E-state index >= 15 is 0 Å². The van der Waals surface area contributed by atoms with Gasteiger partial charge < -0.3 is 4.90 Å². The molecular formula is C11H20F2N2O. The molecule has 0 aliphatic carbocycles. The number of alkyl halides is 2. The van der Waals surface area contributed by atoms with Crippen LogP contribution in [0.1, 0.15) is 33.6 Å². The van der Waals surface area contributed by atoms with Crippen LogP contribution in [0, 0.1) is 5.92 Å². The van der Waals surface area contributed by atoms with Crippen molar-refractivity contribution in [3.05, 3.63) is 0 Å². The molecule has 1 amide bonds. The van der Waals surface area contributed by atoms with E-state index in [1.165, 1.54) is 4.90 Å². The Morgan fingerprint density at radius 3 is 2.50 bits per heavy atom. The Morgan fingerprint density at radius 1 is 1.44 bits per heavy atom. The van der Waals surface area contributed by atoms with E-state index in [0.29, 0.717) is 12.3 Å². The van der Waals surface area contributed by atoms with Gasteiger partial charge in [0, 0.05) is 0 Å². The molecule has 1 aliphatic rings. The average Bonchev–Trinajstić information content (AvgIpc) is 2.44.